The van der Waals surface area contributed by atoms with Crippen molar-refractivity contribution in [2.45, 2.75) is 31.7 Å². The van der Waals surface area contributed by atoms with E-state index in [0.29, 0.717) is 0 Å². The van der Waals surface area contributed by atoms with Gasteiger partial charge in [0.15, 0.2) is 0 Å². The van der Waals surface area contributed by atoms with Gasteiger partial charge in [-0.25, -0.2) is 10.4 Å². The molecule has 0 bridgehead atoms. The minimum absolute atomic E-state index is 0.397. The molecule has 1 aliphatic heterocycles. The average Bonchev–Trinajstić information content (AvgIpc) is 2.17. The zero-order valence-corrected chi connectivity index (χ0v) is 8.48. The van der Waals surface area contributed by atoms with Crippen molar-refractivity contribution in [3.05, 3.63) is 0 Å². The van der Waals surface area contributed by atoms with E-state index in [-0.39, 0.29) is 0 Å². The summed E-state index contributed by atoms with van der Waals surface area (Å²) >= 11 is 0. The highest BCUT2D eigenvalue weighted by Crippen LogP contribution is 2.07. The lowest BCUT2D eigenvalue weighted by atomic mass is 10.1. The first-order chi connectivity index (χ1) is 7.09. The maximum absolute atomic E-state index is 10.8. The van der Waals surface area contributed by atoms with Gasteiger partial charge in [-0.15, -0.1) is 0 Å². The number of carboxylic acid groups (broad SMARTS) is 2. The summed E-state index contributed by atoms with van der Waals surface area (Å²) in [5, 5.41) is 19.1. The van der Waals surface area contributed by atoms with Gasteiger partial charge in [0.05, 0.1) is 6.42 Å². The van der Waals surface area contributed by atoms with Crippen molar-refractivity contribution in [2.75, 3.05) is 13.1 Å². The van der Waals surface area contributed by atoms with Gasteiger partial charge in [-0.05, 0) is 12.8 Å². The Bertz CT molecular complexity index is 238. The van der Waals surface area contributed by atoms with Crippen LogP contribution in [-0.4, -0.2) is 46.3 Å². The van der Waals surface area contributed by atoms with Crippen molar-refractivity contribution in [3.8, 4) is 0 Å². The number of rotatable bonds is 5. The van der Waals surface area contributed by atoms with Crippen LogP contribution >= 0.6 is 0 Å². The lowest BCUT2D eigenvalue weighted by Crippen LogP contribution is -2.51. The normalized spacial score (nSPS) is 19.7. The van der Waals surface area contributed by atoms with Crippen molar-refractivity contribution in [1.29, 1.82) is 0 Å². The topological polar surface area (TPSA) is 89.9 Å². The minimum Gasteiger partial charge on any atom is -0.481 e. The van der Waals surface area contributed by atoms with E-state index in [1.165, 1.54) is 0 Å². The van der Waals surface area contributed by atoms with Crippen LogP contribution in [0.3, 0.4) is 0 Å². The summed E-state index contributed by atoms with van der Waals surface area (Å²) in [6.45, 7) is 1.56. The number of hydrogen-bond acceptors (Lipinski definition) is 4. The monoisotopic (exact) mass is 216 g/mol. The molecule has 0 saturated carbocycles. The molecule has 1 aliphatic rings. The summed E-state index contributed by atoms with van der Waals surface area (Å²) in [5.74, 6) is -2.23. The SMILES string of the molecule is O=C(O)C[C@H](NN1CCCCC1)C(=O)O. The van der Waals surface area contributed by atoms with Gasteiger partial charge in [0, 0.05) is 13.1 Å². The summed E-state index contributed by atoms with van der Waals surface area (Å²) in [5.41, 5.74) is 2.74. The molecule has 6 heteroatoms. The van der Waals surface area contributed by atoms with Gasteiger partial charge in [0.2, 0.25) is 0 Å². The molecule has 1 saturated heterocycles. The summed E-state index contributed by atoms with van der Waals surface area (Å²) in [6.07, 6.45) is 2.79. The third-order valence-corrected chi connectivity index (χ3v) is 2.37. The first-order valence-electron chi connectivity index (χ1n) is 5.05. The number of piperidine rings is 1. The molecule has 0 unspecified atom stereocenters. The van der Waals surface area contributed by atoms with Gasteiger partial charge in [0.1, 0.15) is 6.04 Å². The molecule has 0 amide bonds. The zero-order chi connectivity index (χ0) is 11.3. The van der Waals surface area contributed by atoms with Crippen molar-refractivity contribution in [3.63, 3.8) is 0 Å². The van der Waals surface area contributed by atoms with E-state index < -0.39 is 24.4 Å². The highest BCUT2D eigenvalue weighted by molar-refractivity contribution is 5.80. The first kappa shape index (κ1) is 11.9. The van der Waals surface area contributed by atoms with E-state index >= 15 is 0 Å². The number of hydrogen-bond donors (Lipinski definition) is 3. The van der Waals surface area contributed by atoms with Crippen molar-refractivity contribution < 1.29 is 19.8 Å². The van der Waals surface area contributed by atoms with Crippen LogP contribution in [0.4, 0.5) is 0 Å². The second-order valence-electron chi connectivity index (χ2n) is 3.67. The van der Waals surface area contributed by atoms with E-state index in [0.717, 1.165) is 32.4 Å². The average molecular weight is 216 g/mol. The standard InChI is InChI=1S/C9H16N2O4/c12-8(13)6-7(9(14)15)10-11-4-2-1-3-5-11/h7,10H,1-6H2,(H,12,13)(H,14,15)/t7-/m0/s1. The Morgan fingerprint density at radius 3 is 2.27 bits per heavy atom. The molecule has 0 aliphatic carbocycles. The van der Waals surface area contributed by atoms with Crippen molar-refractivity contribution in [1.82, 2.24) is 10.4 Å². The number of nitrogens with zero attached hydrogens (tertiary/aromatic N) is 1. The third kappa shape index (κ3) is 4.26. The Hall–Kier alpha value is -1.14. The second kappa shape index (κ2) is 5.67. The smallest absolute Gasteiger partial charge is 0.322 e. The maximum Gasteiger partial charge on any atom is 0.322 e. The van der Waals surface area contributed by atoms with Gasteiger partial charge in [-0.2, -0.15) is 0 Å². The van der Waals surface area contributed by atoms with Crippen LogP contribution in [0.25, 0.3) is 0 Å². The van der Waals surface area contributed by atoms with E-state index in [2.05, 4.69) is 5.43 Å². The van der Waals surface area contributed by atoms with Crippen molar-refractivity contribution in [2.24, 2.45) is 0 Å². The number of carboxylic acids is 2. The molecule has 0 aromatic heterocycles. The fourth-order valence-corrected chi connectivity index (χ4v) is 1.61. The van der Waals surface area contributed by atoms with Crippen LogP contribution < -0.4 is 5.43 Å². The summed E-state index contributed by atoms with van der Waals surface area (Å²) in [7, 11) is 0. The molecular weight excluding hydrogens is 200 g/mol. The number of aliphatic carboxylic acids is 2. The number of nitrogens with one attached hydrogen (secondary N) is 1. The van der Waals surface area contributed by atoms with E-state index in [9.17, 15) is 9.59 Å². The van der Waals surface area contributed by atoms with E-state index in [1.807, 2.05) is 0 Å². The first-order valence-corrected chi connectivity index (χ1v) is 5.05. The van der Waals surface area contributed by atoms with Crippen LogP contribution in [0.5, 0.6) is 0 Å². The lowest BCUT2D eigenvalue weighted by Gasteiger charge is -2.29. The second-order valence-corrected chi connectivity index (χ2v) is 3.67. The van der Waals surface area contributed by atoms with Crippen LogP contribution in [0.2, 0.25) is 0 Å². The predicted octanol–water partition coefficient (Wildman–Crippen LogP) is -0.0952. The molecule has 15 heavy (non-hydrogen) atoms. The molecule has 0 aromatic rings. The molecule has 1 rings (SSSR count). The van der Waals surface area contributed by atoms with Gasteiger partial charge < -0.3 is 10.2 Å². The Labute approximate surface area is 87.8 Å². The fourth-order valence-electron chi connectivity index (χ4n) is 1.61. The van der Waals surface area contributed by atoms with Gasteiger partial charge >= 0.3 is 11.9 Å². The lowest BCUT2D eigenvalue weighted by molar-refractivity contribution is -0.147. The zero-order valence-electron chi connectivity index (χ0n) is 8.48. The van der Waals surface area contributed by atoms with Crippen LogP contribution in [0.1, 0.15) is 25.7 Å². The highest BCUT2D eigenvalue weighted by Gasteiger charge is 2.23. The third-order valence-electron chi connectivity index (χ3n) is 2.37. The summed E-state index contributed by atoms with van der Waals surface area (Å²) in [6, 6.07) is -1.03. The van der Waals surface area contributed by atoms with E-state index in [4.69, 9.17) is 10.2 Å². The molecule has 0 aromatic carbocycles. The van der Waals surface area contributed by atoms with E-state index in [1.54, 1.807) is 5.01 Å². The van der Waals surface area contributed by atoms with Crippen LogP contribution in [0.15, 0.2) is 0 Å². The molecule has 6 nitrogen and oxygen atoms in total. The Kier molecular flexibility index (Phi) is 4.51. The molecule has 1 heterocycles. The number of hydrazine groups is 1. The molecular formula is C9H16N2O4. The summed E-state index contributed by atoms with van der Waals surface area (Å²) < 4.78 is 0. The van der Waals surface area contributed by atoms with Crippen molar-refractivity contribution >= 4 is 11.9 Å². The highest BCUT2D eigenvalue weighted by atomic mass is 16.4. The minimum atomic E-state index is -1.12. The van der Waals surface area contributed by atoms with Gasteiger partial charge in [-0.1, -0.05) is 6.42 Å². The van der Waals surface area contributed by atoms with Crippen LogP contribution in [0, 0.1) is 0 Å². The van der Waals surface area contributed by atoms with Crippen LogP contribution in [-0.2, 0) is 9.59 Å². The molecule has 0 spiro atoms. The molecule has 1 fully saturated rings. The Morgan fingerprint density at radius 1 is 1.20 bits per heavy atom. The summed E-state index contributed by atoms with van der Waals surface area (Å²) in [4.78, 5) is 21.2. The fraction of sp³-hybridized carbons (Fsp3) is 0.778. The number of carbonyl (C=O) groups is 2. The largest absolute Gasteiger partial charge is 0.481 e. The Balaban J connectivity index is 2.42. The Morgan fingerprint density at radius 2 is 1.80 bits per heavy atom. The van der Waals surface area contributed by atoms with Gasteiger partial charge in [-0.3, -0.25) is 9.59 Å². The molecule has 3 N–H and O–H groups in total. The predicted molar refractivity (Wildman–Crippen MR) is 52.2 cm³/mol. The molecule has 0 radical (unpaired) electrons. The maximum atomic E-state index is 10.8. The molecule has 1 atom stereocenters. The quantitative estimate of drug-likeness (QED) is 0.595. The van der Waals surface area contributed by atoms with Gasteiger partial charge in [0.25, 0.3) is 0 Å². The molecule has 86 valence electrons.